The first-order valence-corrected chi connectivity index (χ1v) is 6.97. The molecule has 2 aromatic heterocycles. The van der Waals surface area contributed by atoms with Gasteiger partial charge in [0.2, 0.25) is 0 Å². The minimum Gasteiger partial charge on any atom is -0.457 e. The first kappa shape index (κ1) is 12.7. The number of fused-ring (bicyclic) bond motifs is 1. The van der Waals surface area contributed by atoms with Crippen LogP contribution >= 0.6 is 31.9 Å². The monoisotopic (exact) mass is 386 g/mol. The molecule has 1 unspecified atom stereocenters. The lowest BCUT2D eigenvalue weighted by Crippen LogP contribution is -2.00. The smallest absolute Gasteiger partial charge is 0.323 e. The van der Waals surface area contributed by atoms with Crippen LogP contribution in [-0.4, -0.2) is 15.1 Å². The first-order chi connectivity index (χ1) is 9.06. The Kier molecular flexibility index (Phi) is 3.12. The summed E-state index contributed by atoms with van der Waals surface area (Å²) in [7, 11) is 0. The maximum absolute atomic E-state index is 11.3. The van der Waals surface area contributed by atoms with Gasteiger partial charge in [-0.3, -0.25) is 0 Å². The second-order valence-corrected chi connectivity index (χ2v) is 5.63. The molecule has 0 saturated carbocycles. The quantitative estimate of drug-likeness (QED) is 0.632. The summed E-state index contributed by atoms with van der Waals surface area (Å²) in [5, 5.41) is 10.4. The van der Waals surface area contributed by atoms with E-state index in [9.17, 15) is 9.90 Å². The van der Waals surface area contributed by atoms with Crippen LogP contribution in [0, 0.1) is 0 Å². The van der Waals surface area contributed by atoms with E-state index in [1.165, 1.54) is 6.26 Å². The van der Waals surface area contributed by atoms with Crippen molar-refractivity contribution in [2.75, 3.05) is 0 Å². The summed E-state index contributed by atoms with van der Waals surface area (Å²) < 4.78 is 6.30. The molecule has 0 bridgehead atoms. The van der Waals surface area contributed by atoms with Gasteiger partial charge in [-0.25, -0.2) is 4.79 Å². The molecular weight excluding hydrogens is 380 g/mol. The molecule has 19 heavy (non-hydrogen) atoms. The van der Waals surface area contributed by atoms with Crippen LogP contribution in [0.5, 0.6) is 0 Å². The van der Waals surface area contributed by atoms with Gasteiger partial charge >= 0.3 is 5.69 Å². The summed E-state index contributed by atoms with van der Waals surface area (Å²) in [5.41, 5.74) is 2.31. The van der Waals surface area contributed by atoms with E-state index in [2.05, 4.69) is 41.8 Å². The van der Waals surface area contributed by atoms with Gasteiger partial charge in [-0.15, -0.1) is 0 Å². The van der Waals surface area contributed by atoms with Gasteiger partial charge in [0, 0.05) is 15.6 Å². The number of nitrogens with one attached hydrogen (secondary N) is 2. The Labute approximate surface area is 123 Å². The van der Waals surface area contributed by atoms with Gasteiger partial charge in [0.15, 0.2) is 4.67 Å². The second kappa shape index (κ2) is 4.66. The van der Waals surface area contributed by atoms with E-state index in [1.54, 1.807) is 18.2 Å². The summed E-state index contributed by atoms with van der Waals surface area (Å²) >= 11 is 6.63. The average molecular weight is 388 g/mol. The summed E-state index contributed by atoms with van der Waals surface area (Å²) in [6, 6.07) is 5.16. The Morgan fingerprint density at radius 2 is 1.84 bits per heavy atom. The van der Waals surface area contributed by atoms with Gasteiger partial charge in [-0.05, 0) is 34.1 Å². The van der Waals surface area contributed by atoms with E-state index in [1.807, 2.05) is 0 Å². The van der Waals surface area contributed by atoms with Crippen molar-refractivity contribution >= 4 is 42.9 Å². The van der Waals surface area contributed by atoms with Gasteiger partial charge in [0.05, 0.1) is 17.3 Å². The number of imidazole rings is 1. The molecule has 0 spiro atoms. The molecule has 2 heterocycles. The van der Waals surface area contributed by atoms with Crippen LogP contribution in [-0.2, 0) is 0 Å². The van der Waals surface area contributed by atoms with Crippen LogP contribution in [0.2, 0.25) is 0 Å². The zero-order chi connectivity index (χ0) is 13.6. The van der Waals surface area contributed by atoms with Crippen LogP contribution in [0.3, 0.4) is 0 Å². The molecule has 0 radical (unpaired) electrons. The summed E-state index contributed by atoms with van der Waals surface area (Å²) in [4.78, 5) is 16.6. The number of aromatic amines is 2. The average Bonchev–Trinajstić information content (AvgIpc) is 2.92. The predicted octanol–water partition coefficient (Wildman–Crippen LogP) is 3.06. The zero-order valence-corrected chi connectivity index (χ0v) is 12.6. The Bertz CT molecular complexity index is 803. The van der Waals surface area contributed by atoms with Gasteiger partial charge < -0.3 is 19.5 Å². The highest BCUT2D eigenvalue weighted by atomic mass is 79.9. The van der Waals surface area contributed by atoms with Crippen molar-refractivity contribution < 1.29 is 9.52 Å². The van der Waals surface area contributed by atoms with Crippen molar-refractivity contribution in [3.05, 3.63) is 55.2 Å². The normalized spacial score (nSPS) is 13.0. The Hall–Kier alpha value is -1.31. The Morgan fingerprint density at radius 3 is 2.47 bits per heavy atom. The number of rotatable bonds is 2. The highest BCUT2D eigenvalue weighted by molar-refractivity contribution is 9.10. The van der Waals surface area contributed by atoms with Gasteiger partial charge in [-0.2, -0.15) is 0 Å². The van der Waals surface area contributed by atoms with Crippen LogP contribution in [0.15, 0.2) is 42.8 Å². The van der Waals surface area contributed by atoms with Crippen LogP contribution in [0.1, 0.15) is 17.2 Å². The number of hydrogen-bond acceptors (Lipinski definition) is 3. The minimum absolute atomic E-state index is 0.280. The Morgan fingerprint density at radius 1 is 1.16 bits per heavy atom. The zero-order valence-electron chi connectivity index (χ0n) is 9.41. The van der Waals surface area contributed by atoms with Crippen molar-refractivity contribution in [1.82, 2.24) is 9.97 Å². The minimum atomic E-state index is -0.856. The Balaban J connectivity index is 2.16. The van der Waals surface area contributed by atoms with Crippen LogP contribution in [0.4, 0.5) is 0 Å². The molecule has 0 fully saturated rings. The summed E-state index contributed by atoms with van der Waals surface area (Å²) in [6.45, 7) is 0. The molecule has 0 aliphatic heterocycles. The van der Waals surface area contributed by atoms with E-state index >= 15 is 0 Å². The molecule has 5 nitrogen and oxygen atoms in total. The highest BCUT2D eigenvalue weighted by Gasteiger charge is 2.19. The number of benzene rings is 1. The third-order valence-corrected chi connectivity index (χ3v) is 4.20. The topological polar surface area (TPSA) is 82.0 Å². The number of aliphatic hydroxyl groups is 1. The molecule has 3 aromatic rings. The van der Waals surface area contributed by atoms with Gasteiger partial charge in [0.25, 0.3) is 0 Å². The number of aliphatic hydroxyl groups excluding tert-OH is 1. The van der Waals surface area contributed by atoms with E-state index in [-0.39, 0.29) is 5.69 Å². The predicted molar refractivity (Wildman–Crippen MR) is 77.1 cm³/mol. The second-order valence-electron chi connectivity index (χ2n) is 4.05. The SMILES string of the molecule is O=c1[nH]c2cc(Br)c(C(O)c3ccoc3Br)cc2[nH]1. The molecule has 0 aliphatic rings. The molecule has 0 amide bonds. The lowest BCUT2D eigenvalue weighted by molar-refractivity contribution is 0.217. The molecule has 7 heteroatoms. The van der Waals surface area contributed by atoms with E-state index in [0.29, 0.717) is 31.3 Å². The number of aromatic nitrogens is 2. The first-order valence-electron chi connectivity index (χ1n) is 5.38. The fourth-order valence-electron chi connectivity index (χ4n) is 1.95. The molecule has 1 aromatic carbocycles. The number of furan rings is 1. The number of halogens is 2. The van der Waals surface area contributed by atoms with E-state index < -0.39 is 6.10 Å². The van der Waals surface area contributed by atoms with Gasteiger partial charge in [-0.1, -0.05) is 15.9 Å². The van der Waals surface area contributed by atoms with E-state index in [4.69, 9.17) is 4.42 Å². The highest BCUT2D eigenvalue weighted by Crippen LogP contribution is 2.34. The fraction of sp³-hybridized carbons (Fsp3) is 0.0833. The van der Waals surface area contributed by atoms with Crippen LogP contribution < -0.4 is 5.69 Å². The van der Waals surface area contributed by atoms with Crippen molar-refractivity contribution in [1.29, 1.82) is 0 Å². The largest absolute Gasteiger partial charge is 0.457 e. The van der Waals surface area contributed by atoms with E-state index in [0.717, 1.165) is 0 Å². The van der Waals surface area contributed by atoms with Crippen LogP contribution in [0.25, 0.3) is 11.0 Å². The molecule has 3 N–H and O–H groups in total. The molecule has 0 saturated heterocycles. The number of H-pyrrole nitrogens is 2. The summed E-state index contributed by atoms with van der Waals surface area (Å²) in [6.07, 6.45) is 0.637. The molecule has 98 valence electrons. The van der Waals surface area contributed by atoms with Crippen molar-refractivity contribution in [3.8, 4) is 0 Å². The molecule has 1 atom stereocenters. The van der Waals surface area contributed by atoms with Crippen molar-refractivity contribution in [2.24, 2.45) is 0 Å². The lowest BCUT2D eigenvalue weighted by atomic mass is 10.0. The maximum atomic E-state index is 11.3. The summed E-state index contributed by atoms with van der Waals surface area (Å²) in [5.74, 6) is 0. The standard InChI is InChI=1S/C12H8Br2N2O3/c13-7-4-9-8(15-12(18)16-9)3-6(7)10(17)5-1-2-19-11(5)14/h1-4,10,17H,(H2,15,16,18). The lowest BCUT2D eigenvalue weighted by Gasteiger charge is -2.12. The maximum Gasteiger partial charge on any atom is 0.323 e. The number of hydrogen-bond donors (Lipinski definition) is 3. The van der Waals surface area contributed by atoms with Gasteiger partial charge in [0.1, 0.15) is 6.10 Å². The molecular formula is C12H8Br2N2O3. The fourth-order valence-corrected chi connectivity index (χ4v) is 2.97. The van der Waals surface area contributed by atoms with Crippen molar-refractivity contribution in [2.45, 2.75) is 6.10 Å². The third kappa shape index (κ3) is 2.18. The molecule has 3 rings (SSSR count). The molecule has 0 aliphatic carbocycles. The van der Waals surface area contributed by atoms with Crippen molar-refractivity contribution in [3.63, 3.8) is 0 Å². The third-order valence-electron chi connectivity index (χ3n) is 2.87.